The predicted molar refractivity (Wildman–Crippen MR) is 92.5 cm³/mol. The van der Waals surface area contributed by atoms with Gasteiger partial charge in [-0.05, 0) is 67.1 Å². The molecule has 0 aliphatic heterocycles. The van der Waals surface area contributed by atoms with E-state index in [1.54, 1.807) is 0 Å². The summed E-state index contributed by atoms with van der Waals surface area (Å²) in [6.07, 6.45) is 6.66. The summed E-state index contributed by atoms with van der Waals surface area (Å²) in [4.78, 5) is 0. The molecule has 0 amide bonds. The molecule has 0 spiro atoms. The third-order valence-electron chi connectivity index (χ3n) is 5.41. The van der Waals surface area contributed by atoms with Crippen LogP contribution in [-0.4, -0.2) is 10.2 Å². The minimum atomic E-state index is 0.281. The molecule has 0 heterocycles. The van der Waals surface area contributed by atoms with Crippen LogP contribution in [0.2, 0.25) is 0 Å². The van der Waals surface area contributed by atoms with E-state index in [4.69, 9.17) is 0 Å². The Balaban J connectivity index is 2.32. The third kappa shape index (κ3) is 3.77. The number of unbranched alkanes of at least 4 members (excludes halogenated alkanes) is 1. The van der Waals surface area contributed by atoms with Gasteiger partial charge in [-0.15, -0.1) is 0 Å². The standard InChI is InChI=1S/C20H32O2/c1-5-6-7-15-11-18(21)20(19(22)12-15)17-10-14(4)8-9-16(17)13(2)3/h11-14,16-17,21-22H,5-10H2,1-4H3/t14-,16?,17?/m0/s1. The van der Waals surface area contributed by atoms with E-state index in [-0.39, 0.29) is 5.92 Å². The Hall–Kier alpha value is -1.18. The Kier molecular flexibility index (Phi) is 5.77. The first kappa shape index (κ1) is 17.2. The molecule has 2 nitrogen and oxygen atoms in total. The summed E-state index contributed by atoms with van der Waals surface area (Å²) in [6, 6.07) is 3.75. The quantitative estimate of drug-likeness (QED) is 0.741. The van der Waals surface area contributed by atoms with E-state index in [1.165, 1.54) is 12.8 Å². The van der Waals surface area contributed by atoms with Crippen LogP contribution in [0.3, 0.4) is 0 Å². The van der Waals surface area contributed by atoms with Gasteiger partial charge in [0, 0.05) is 5.56 Å². The van der Waals surface area contributed by atoms with Crippen molar-refractivity contribution in [3.8, 4) is 11.5 Å². The fourth-order valence-electron chi connectivity index (χ4n) is 4.12. The van der Waals surface area contributed by atoms with Gasteiger partial charge >= 0.3 is 0 Å². The third-order valence-corrected chi connectivity index (χ3v) is 5.41. The van der Waals surface area contributed by atoms with Crippen LogP contribution in [0, 0.1) is 17.8 Å². The lowest BCUT2D eigenvalue weighted by molar-refractivity contribution is 0.192. The van der Waals surface area contributed by atoms with Crippen molar-refractivity contribution in [2.75, 3.05) is 0 Å². The average molecular weight is 304 g/mol. The van der Waals surface area contributed by atoms with E-state index in [1.807, 2.05) is 12.1 Å². The molecule has 1 fully saturated rings. The molecule has 124 valence electrons. The SMILES string of the molecule is CCCCc1cc(O)c(C2C[C@@H](C)CCC2C(C)C)c(O)c1. The molecule has 1 aliphatic rings. The van der Waals surface area contributed by atoms with Crippen molar-refractivity contribution in [2.45, 2.75) is 72.1 Å². The van der Waals surface area contributed by atoms with Gasteiger partial charge in [-0.25, -0.2) is 0 Å². The van der Waals surface area contributed by atoms with Crippen LogP contribution in [0.15, 0.2) is 12.1 Å². The van der Waals surface area contributed by atoms with Crippen LogP contribution in [-0.2, 0) is 6.42 Å². The highest BCUT2D eigenvalue weighted by molar-refractivity contribution is 5.49. The van der Waals surface area contributed by atoms with Crippen LogP contribution in [0.1, 0.15) is 76.8 Å². The second-order valence-electron chi connectivity index (χ2n) is 7.58. The van der Waals surface area contributed by atoms with Crippen molar-refractivity contribution in [2.24, 2.45) is 17.8 Å². The van der Waals surface area contributed by atoms with Crippen molar-refractivity contribution < 1.29 is 10.2 Å². The molecule has 1 aromatic carbocycles. The van der Waals surface area contributed by atoms with Crippen molar-refractivity contribution in [3.05, 3.63) is 23.3 Å². The summed E-state index contributed by atoms with van der Waals surface area (Å²) in [5, 5.41) is 21.1. The van der Waals surface area contributed by atoms with Gasteiger partial charge in [0.15, 0.2) is 0 Å². The summed E-state index contributed by atoms with van der Waals surface area (Å²) >= 11 is 0. The molecule has 0 aromatic heterocycles. The summed E-state index contributed by atoms with van der Waals surface area (Å²) in [6.45, 7) is 8.97. The van der Waals surface area contributed by atoms with Gasteiger partial charge in [-0.2, -0.15) is 0 Å². The monoisotopic (exact) mass is 304 g/mol. The van der Waals surface area contributed by atoms with Crippen LogP contribution in [0.4, 0.5) is 0 Å². The molecule has 2 N–H and O–H groups in total. The molecule has 2 heteroatoms. The van der Waals surface area contributed by atoms with Gasteiger partial charge in [-0.3, -0.25) is 0 Å². The van der Waals surface area contributed by atoms with Crippen LogP contribution < -0.4 is 0 Å². The molecule has 1 saturated carbocycles. The average Bonchev–Trinajstić information content (AvgIpc) is 2.44. The molecule has 0 bridgehead atoms. The second-order valence-corrected chi connectivity index (χ2v) is 7.58. The molecule has 3 atom stereocenters. The highest BCUT2D eigenvalue weighted by Crippen LogP contribution is 2.49. The van der Waals surface area contributed by atoms with Crippen molar-refractivity contribution in [1.82, 2.24) is 0 Å². The first-order chi connectivity index (χ1) is 10.4. The number of rotatable bonds is 5. The smallest absolute Gasteiger partial charge is 0.123 e. The lowest BCUT2D eigenvalue weighted by Gasteiger charge is -2.38. The number of hydrogen-bond acceptors (Lipinski definition) is 2. The maximum Gasteiger partial charge on any atom is 0.123 e. The molecular weight excluding hydrogens is 272 g/mol. The maximum atomic E-state index is 10.5. The molecule has 22 heavy (non-hydrogen) atoms. The number of aryl methyl sites for hydroxylation is 1. The summed E-state index contributed by atoms with van der Waals surface area (Å²) in [7, 11) is 0. The summed E-state index contributed by atoms with van der Waals surface area (Å²) in [5.74, 6) is 2.68. The van der Waals surface area contributed by atoms with Crippen molar-refractivity contribution in [1.29, 1.82) is 0 Å². The van der Waals surface area contributed by atoms with Crippen molar-refractivity contribution >= 4 is 0 Å². The Bertz CT molecular complexity index is 469. The highest BCUT2D eigenvalue weighted by atomic mass is 16.3. The van der Waals surface area contributed by atoms with E-state index >= 15 is 0 Å². The molecule has 2 unspecified atom stereocenters. The van der Waals surface area contributed by atoms with Crippen LogP contribution in [0.25, 0.3) is 0 Å². The minimum absolute atomic E-state index is 0.281. The Morgan fingerprint density at radius 1 is 1.14 bits per heavy atom. The maximum absolute atomic E-state index is 10.5. The molecule has 0 radical (unpaired) electrons. The Morgan fingerprint density at radius 2 is 1.77 bits per heavy atom. The zero-order chi connectivity index (χ0) is 16.3. The van der Waals surface area contributed by atoms with Gasteiger partial charge in [-0.1, -0.05) is 40.5 Å². The van der Waals surface area contributed by atoms with Gasteiger partial charge in [0.1, 0.15) is 11.5 Å². The first-order valence-corrected chi connectivity index (χ1v) is 8.98. The number of phenolic OH excluding ortho intramolecular Hbond substituents is 2. The molecule has 1 aromatic rings. The highest BCUT2D eigenvalue weighted by Gasteiger charge is 2.34. The molecule has 1 aliphatic carbocycles. The van der Waals surface area contributed by atoms with Crippen LogP contribution >= 0.6 is 0 Å². The first-order valence-electron chi connectivity index (χ1n) is 8.98. The zero-order valence-electron chi connectivity index (χ0n) is 14.6. The lowest BCUT2D eigenvalue weighted by Crippen LogP contribution is -2.26. The van der Waals surface area contributed by atoms with Crippen LogP contribution in [0.5, 0.6) is 11.5 Å². The Morgan fingerprint density at radius 3 is 2.32 bits per heavy atom. The van der Waals surface area contributed by atoms with Gasteiger partial charge in [0.2, 0.25) is 0 Å². The summed E-state index contributed by atoms with van der Waals surface area (Å²) in [5.41, 5.74) is 1.84. The fraction of sp³-hybridized carbons (Fsp3) is 0.700. The van der Waals surface area contributed by atoms with E-state index in [0.29, 0.717) is 29.3 Å². The van der Waals surface area contributed by atoms with E-state index in [9.17, 15) is 10.2 Å². The lowest BCUT2D eigenvalue weighted by atomic mass is 9.67. The molecule has 0 saturated heterocycles. The second kappa shape index (κ2) is 7.39. The molecule has 2 rings (SSSR count). The number of phenols is 2. The number of benzene rings is 1. The number of hydrogen-bond donors (Lipinski definition) is 2. The Labute approximate surface area is 135 Å². The minimum Gasteiger partial charge on any atom is -0.508 e. The fourth-order valence-corrected chi connectivity index (χ4v) is 4.12. The zero-order valence-corrected chi connectivity index (χ0v) is 14.6. The topological polar surface area (TPSA) is 40.5 Å². The summed E-state index contributed by atoms with van der Waals surface area (Å²) < 4.78 is 0. The van der Waals surface area contributed by atoms with Gasteiger partial charge < -0.3 is 10.2 Å². The van der Waals surface area contributed by atoms with E-state index in [0.717, 1.165) is 36.8 Å². The van der Waals surface area contributed by atoms with Gasteiger partial charge in [0.25, 0.3) is 0 Å². The van der Waals surface area contributed by atoms with Crippen molar-refractivity contribution in [3.63, 3.8) is 0 Å². The number of aromatic hydroxyl groups is 2. The normalized spacial score (nSPS) is 25.6. The van der Waals surface area contributed by atoms with Gasteiger partial charge in [0.05, 0.1) is 0 Å². The molecular formula is C20H32O2. The van der Waals surface area contributed by atoms with E-state index in [2.05, 4.69) is 27.7 Å². The largest absolute Gasteiger partial charge is 0.508 e. The predicted octanol–water partition coefficient (Wildman–Crippen LogP) is 5.62. The van der Waals surface area contributed by atoms with E-state index < -0.39 is 0 Å².